The Kier molecular flexibility index (Phi) is 8.04. The van der Waals surface area contributed by atoms with Crippen LogP contribution >= 0.6 is 0 Å². The van der Waals surface area contributed by atoms with Crippen LogP contribution < -0.4 is 5.32 Å². The second-order valence-corrected chi connectivity index (χ2v) is 9.38. The Labute approximate surface area is 143 Å². The summed E-state index contributed by atoms with van der Waals surface area (Å²) in [6.07, 6.45) is -0.251. The van der Waals surface area contributed by atoms with Gasteiger partial charge in [0.15, 0.2) is 0 Å². The third kappa shape index (κ3) is 10.6. The summed E-state index contributed by atoms with van der Waals surface area (Å²) >= 11 is 0. The van der Waals surface area contributed by atoms with Gasteiger partial charge in [-0.2, -0.15) is 0 Å². The van der Waals surface area contributed by atoms with Crippen LogP contribution in [-0.4, -0.2) is 67.3 Å². The summed E-state index contributed by atoms with van der Waals surface area (Å²) in [5.74, 6) is 0. The minimum absolute atomic E-state index is 0.196. The maximum absolute atomic E-state index is 12.4. The fraction of sp³-hybridized carbons (Fsp3) is 0.944. The summed E-state index contributed by atoms with van der Waals surface area (Å²) in [6, 6.07) is 0. The number of carbonyl (C=O) groups is 1. The number of carbonyl (C=O) groups excluding carboxylic acids is 1. The van der Waals surface area contributed by atoms with Crippen LogP contribution in [0.5, 0.6) is 0 Å². The Hall–Kier alpha value is -0.810. The number of hydrogen-bond donors (Lipinski definition) is 1. The number of nitrogens with zero attached hydrogens (tertiary/aromatic N) is 2. The van der Waals surface area contributed by atoms with Gasteiger partial charge in [0.25, 0.3) is 0 Å². The Morgan fingerprint density at radius 2 is 1.52 bits per heavy atom. The van der Waals surface area contributed by atoms with Crippen molar-refractivity contribution in [1.82, 2.24) is 15.1 Å². The number of ether oxygens (including phenoxy) is 1. The molecule has 0 atom stereocenters. The number of hydrogen-bond acceptors (Lipinski definition) is 4. The topological polar surface area (TPSA) is 44.8 Å². The van der Waals surface area contributed by atoms with Crippen molar-refractivity contribution in [1.29, 1.82) is 0 Å². The number of nitrogens with one attached hydrogen (secondary N) is 1. The highest BCUT2D eigenvalue weighted by atomic mass is 16.6. The lowest BCUT2D eigenvalue weighted by Crippen LogP contribution is -2.51. The second kappa shape index (κ2) is 8.34. The summed E-state index contributed by atoms with van der Waals surface area (Å²) in [4.78, 5) is 16.4. The molecule has 0 bridgehead atoms. The quantitative estimate of drug-likeness (QED) is 0.729. The van der Waals surface area contributed by atoms with E-state index >= 15 is 0 Å². The molecular formula is C18H39N3O2. The van der Waals surface area contributed by atoms with Crippen LogP contribution in [0.3, 0.4) is 0 Å². The van der Waals surface area contributed by atoms with E-state index in [9.17, 15) is 4.79 Å². The molecule has 0 fully saturated rings. The first-order valence-corrected chi connectivity index (χ1v) is 8.50. The molecule has 0 rings (SSSR count). The Morgan fingerprint density at radius 3 is 1.91 bits per heavy atom. The third-order valence-corrected chi connectivity index (χ3v) is 3.28. The molecule has 0 aliphatic carbocycles. The van der Waals surface area contributed by atoms with E-state index in [2.05, 4.69) is 38.2 Å². The summed E-state index contributed by atoms with van der Waals surface area (Å²) in [5.41, 5.74) is -0.535. The highest BCUT2D eigenvalue weighted by molar-refractivity contribution is 5.69. The first-order chi connectivity index (χ1) is 10.1. The average Bonchev–Trinajstić information content (AvgIpc) is 2.21. The minimum atomic E-state index is -0.471. The molecule has 0 heterocycles. The van der Waals surface area contributed by atoms with Crippen molar-refractivity contribution in [3.63, 3.8) is 0 Å². The van der Waals surface area contributed by atoms with Crippen LogP contribution in [0.15, 0.2) is 0 Å². The molecule has 0 aromatic rings. The zero-order valence-corrected chi connectivity index (χ0v) is 17.0. The van der Waals surface area contributed by atoms with E-state index in [1.165, 1.54) is 0 Å². The molecule has 1 N–H and O–H groups in total. The van der Waals surface area contributed by atoms with Gasteiger partial charge in [-0.1, -0.05) is 13.8 Å². The smallest absolute Gasteiger partial charge is 0.410 e. The molecule has 5 heteroatoms. The lowest BCUT2D eigenvalue weighted by atomic mass is 9.93. The molecular weight excluding hydrogens is 290 g/mol. The van der Waals surface area contributed by atoms with Crippen molar-refractivity contribution >= 4 is 6.09 Å². The lowest BCUT2D eigenvalue weighted by molar-refractivity contribution is 0.00652. The summed E-state index contributed by atoms with van der Waals surface area (Å²) in [5, 5.41) is 3.48. The summed E-state index contributed by atoms with van der Waals surface area (Å²) < 4.78 is 5.53. The SMILES string of the molecule is CN(C)CC(C)(C)CNCCN(C(=O)OC(C)(C)C)C(C)(C)C. The van der Waals surface area contributed by atoms with Crippen molar-refractivity contribution in [2.24, 2.45) is 5.41 Å². The van der Waals surface area contributed by atoms with E-state index in [1.807, 2.05) is 41.5 Å². The van der Waals surface area contributed by atoms with E-state index in [-0.39, 0.29) is 17.0 Å². The lowest BCUT2D eigenvalue weighted by Gasteiger charge is -2.37. The van der Waals surface area contributed by atoms with Gasteiger partial charge in [-0.3, -0.25) is 0 Å². The molecule has 138 valence electrons. The Bertz CT molecular complexity index is 365. The number of amides is 1. The van der Waals surface area contributed by atoms with Crippen LogP contribution in [0, 0.1) is 5.41 Å². The van der Waals surface area contributed by atoms with Gasteiger partial charge >= 0.3 is 6.09 Å². The van der Waals surface area contributed by atoms with Crippen molar-refractivity contribution in [3.8, 4) is 0 Å². The Balaban J connectivity index is 4.52. The van der Waals surface area contributed by atoms with Crippen LogP contribution in [0.2, 0.25) is 0 Å². The highest BCUT2D eigenvalue weighted by Gasteiger charge is 2.30. The van der Waals surface area contributed by atoms with E-state index in [0.717, 1.165) is 19.6 Å². The van der Waals surface area contributed by atoms with Crippen LogP contribution in [0.4, 0.5) is 4.79 Å². The summed E-state index contributed by atoms with van der Waals surface area (Å²) in [6.45, 7) is 19.6. The average molecular weight is 330 g/mol. The molecule has 0 aliphatic rings. The van der Waals surface area contributed by atoms with Gasteiger partial charge in [0.05, 0.1) is 0 Å². The zero-order valence-electron chi connectivity index (χ0n) is 17.0. The molecule has 0 spiro atoms. The van der Waals surface area contributed by atoms with Crippen LogP contribution in [-0.2, 0) is 4.74 Å². The van der Waals surface area contributed by atoms with Gasteiger partial charge in [0, 0.05) is 31.7 Å². The molecule has 0 aromatic heterocycles. The molecule has 0 saturated carbocycles. The normalized spacial score (nSPS) is 13.3. The van der Waals surface area contributed by atoms with Crippen molar-refractivity contribution in [2.75, 3.05) is 40.3 Å². The summed E-state index contributed by atoms with van der Waals surface area (Å²) in [7, 11) is 4.18. The number of rotatable bonds is 7. The molecule has 0 aromatic carbocycles. The fourth-order valence-corrected chi connectivity index (χ4v) is 2.55. The molecule has 23 heavy (non-hydrogen) atoms. The van der Waals surface area contributed by atoms with Crippen LogP contribution in [0.1, 0.15) is 55.4 Å². The molecule has 0 aliphatic heterocycles. The standard InChI is InChI=1S/C18H39N3O2/c1-16(2,3)21(15(22)23-17(4,5)6)12-11-19-13-18(7,8)14-20(9)10/h19H,11-14H2,1-10H3. The van der Waals surface area contributed by atoms with Crippen molar-refractivity contribution < 1.29 is 9.53 Å². The molecule has 0 saturated heterocycles. The third-order valence-electron chi connectivity index (χ3n) is 3.28. The predicted molar refractivity (Wildman–Crippen MR) is 97.9 cm³/mol. The van der Waals surface area contributed by atoms with Gasteiger partial charge in [0.2, 0.25) is 0 Å². The highest BCUT2D eigenvalue weighted by Crippen LogP contribution is 2.18. The van der Waals surface area contributed by atoms with Gasteiger partial charge in [0.1, 0.15) is 5.60 Å². The van der Waals surface area contributed by atoms with E-state index in [1.54, 1.807) is 4.90 Å². The van der Waals surface area contributed by atoms with Crippen molar-refractivity contribution in [2.45, 2.75) is 66.5 Å². The second-order valence-electron chi connectivity index (χ2n) is 9.38. The molecule has 5 nitrogen and oxygen atoms in total. The molecule has 1 amide bonds. The van der Waals surface area contributed by atoms with Gasteiger partial charge in [-0.15, -0.1) is 0 Å². The fourth-order valence-electron chi connectivity index (χ4n) is 2.55. The molecule has 0 unspecified atom stereocenters. The minimum Gasteiger partial charge on any atom is -0.444 e. The van der Waals surface area contributed by atoms with E-state index < -0.39 is 5.60 Å². The van der Waals surface area contributed by atoms with E-state index in [4.69, 9.17) is 4.74 Å². The van der Waals surface area contributed by atoms with Gasteiger partial charge in [-0.25, -0.2) is 4.79 Å². The van der Waals surface area contributed by atoms with E-state index in [0.29, 0.717) is 6.54 Å². The van der Waals surface area contributed by atoms with Gasteiger partial charge in [-0.05, 0) is 61.1 Å². The first-order valence-electron chi connectivity index (χ1n) is 8.50. The van der Waals surface area contributed by atoms with Crippen LogP contribution in [0.25, 0.3) is 0 Å². The predicted octanol–water partition coefficient (Wildman–Crippen LogP) is 3.20. The zero-order chi connectivity index (χ0) is 18.5. The van der Waals surface area contributed by atoms with Gasteiger partial charge < -0.3 is 19.9 Å². The molecule has 0 radical (unpaired) electrons. The van der Waals surface area contributed by atoms with Crippen molar-refractivity contribution in [3.05, 3.63) is 0 Å². The monoisotopic (exact) mass is 329 g/mol. The largest absolute Gasteiger partial charge is 0.444 e. The maximum atomic E-state index is 12.4. The maximum Gasteiger partial charge on any atom is 0.410 e. The Morgan fingerprint density at radius 1 is 1.00 bits per heavy atom. The first kappa shape index (κ1) is 22.2.